The van der Waals surface area contributed by atoms with Gasteiger partial charge in [0.15, 0.2) is 11.7 Å². The minimum atomic E-state index is -1.83. The fourth-order valence-corrected chi connectivity index (χ4v) is 3.98. The van der Waals surface area contributed by atoms with Crippen LogP contribution < -0.4 is 5.32 Å². The number of nitrogens with one attached hydrogen (secondary N) is 1. The van der Waals surface area contributed by atoms with Crippen molar-refractivity contribution in [2.75, 3.05) is 19.0 Å². The van der Waals surface area contributed by atoms with Crippen LogP contribution in [0.15, 0.2) is 48.5 Å². The van der Waals surface area contributed by atoms with Gasteiger partial charge in [-0.3, -0.25) is 4.79 Å². The van der Waals surface area contributed by atoms with E-state index in [1.54, 1.807) is 42.5 Å². The monoisotopic (exact) mass is 381 g/mol. The number of fused-ring (bicyclic) bond motifs is 1. The van der Waals surface area contributed by atoms with Gasteiger partial charge in [0.1, 0.15) is 5.75 Å². The molecule has 0 aromatic heterocycles. The minimum absolute atomic E-state index is 0.0230. The molecule has 2 aromatic carbocycles. The zero-order valence-corrected chi connectivity index (χ0v) is 15.6. The van der Waals surface area contributed by atoms with Gasteiger partial charge < -0.3 is 25.0 Å². The van der Waals surface area contributed by atoms with Gasteiger partial charge in [0.25, 0.3) is 5.91 Å². The number of ether oxygens (including phenoxy) is 2. The Morgan fingerprint density at radius 3 is 2.71 bits per heavy atom. The molecule has 2 aliphatic rings. The Morgan fingerprint density at radius 1 is 1.25 bits per heavy atom. The largest absolute Gasteiger partial charge is 0.507 e. The third-order valence-electron chi connectivity index (χ3n) is 5.37. The summed E-state index contributed by atoms with van der Waals surface area (Å²) < 4.78 is 10.9. The maximum Gasteiger partial charge on any atom is 0.257 e. The Morgan fingerprint density at radius 2 is 2.04 bits per heavy atom. The van der Waals surface area contributed by atoms with Crippen LogP contribution in [0.2, 0.25) is 0 Å². The van der Waals surface area contributed by atoms with Crippen LogP contribution >= 0.6 is 0 Å². The highest BCUT2D eigenvalue weighted by Crippen LogP contribution is 2.47. The molecule has 1 amide bonds. The second kappa shape index (κ2) is 7.39. The summed E-state index contributed by atoms with van der Waals surface area (Å²) in [6.07, 6.45) is 4.47. The molecule has 1 fully saturated rings. The number of aliphatic hydroxyl groups is 1. The molecule has 0 saturated carbocycles. The Balaban J connectivity index is 1.86. The molecule has 2 aromatic rings. The van der Waals surface area contributed by atoms with Crippen molar-refractivity contribution >= 4 is 17.7 Å². The maximum absolute atomic E-state index is 12.6. The molecule has 6 heteroatoms. The molecular weight excluding hydrogens is 358 g/mol. The van der Waals surface area contributed by atoms with Gasteiger partial charge in [0, 0.05) is 19.3 Å². The lowest BCUT2D eigenvalue weighted by Gasteiger charge is -2.40. The Bertz CT molecular complexity index is 905. The summed E-state index contributed by atoms with van der Waals surface area (Å²) in [6.45, 7) is 0.737. The smallest absolute Gasteiger partial charge is 0.257 e. The maximum atomic E-state index is 12.6. The molecular formula is C22H23NO5. The Labute approximate surface area is 163 Å². The Kier molecular flexibility index (Phi) is 4.93. The third-order valence-corrected chi connectivity index (χ3v) is 5.37. The highest BCUT2D eigenvalue weighted by molar-refractivity contribution is 6.00. The molecule has 0 bridgehead atoms. The van der Waals surface area contributed by atoms with Crippen molar-refractivity contribution in [3.8, 4) is 5.75 Å². The van der Waals surface area contributed by atoms with Crippen molar-refractivity contribution in [1.29, 1.82) is 0 Å². The van der Waals surface area contributed by atoms with Gasteiger partial charge in [-0.2, -0.15) is 0 Å². The van der Waals surface area contributed by atoms with E-state index in [1.807, 2.05) is 12.1 Å². The van der Waals surface area contributed by atoms with Gasteiger partial charge in [-0.05, 0) is 30.5 Å². The van der Waals surface area contributed by atoms with Crippen LogP contribution in [0.3, 0.4) is 0 Å². The minimum Gasteiger partial charge on any atom is -0.507 e. The standard InChI is InChI=1S/C22H23NO5/c1-27-20-21(25)23-17-12-10-14(9-11-16-8-5-13-28-16)19(24)18(17)22(20,26)15-6-3-2-4-7-15/h2-4,6-7,9-12,16,20,24,26H,5,8,13H2,1H3,(H,23,25). The van der Waals surface area contributed by atoms with E-state index in [-0.39, 0.29) is 17.4 Å². The van der Waals surface area contributed by atoms with E-state index in [2.05, 4.69) is 5.32 Å². The normalized spacial score (nSPS) is 27.0. The summed E-state index contributed by atoms with van der Waals surface area (Å²) in [7, 11) is 1.36. The molecule has 0 spiro atoms. The first-order valence-corrected chi connectivity index (χ1v) is 9.33. The predicted molar refractivity (Wildman–Crippen MR) is 105 cm³/mol. The first-order chi connectivity index (χ1) is 13.6. The summed E-state index contributed by atoms with van der Waals surface area (Å²) in [5, 5.41) is 25.5. The van der Waals surface area contributed by atoms with Crippen molar-refractivity contribution in [3.05, 3.63) is 65.2 Å². The molecule has 3 N–H and O–H groups in total. The first kappa shape index (κ1) is 18.7. The first-order valence-electron chi connectivity index (χ1n) is 9.33. The van der Waals surface area contributed by atoms with E-state index >= 15 is 0 Å². The zero-order chi connectivity index (χ0) is 19.7. The lowest BCUT2D eigenvalue weighted by Crippen LogP contribution is -2.52. The number of phenolic OH excluding ortho intramolecular Hbond substituents is 1. The molecule has 3 unspecified atom stereocenters. The highest BCUT2D eigenvalue weighted by Gasteiger charge is 2.51. The fourth-order valence-electron chi connectivity index (χ4n) is 3.98. The van der Waals surface area contributed by atoms with E-state index in [0.29, 0.717) is 16.8 Å². The summed E-state index contributed by atoms with van der Waals surface area (Å²) in [5.41, 5.74) is -0.245. The highest BCUT2D eigenvalue weighted by atomic mass is 16.5. The van der Waals surface area contributed by atoms with Crippen LogP contribution in [-0.4, -0.2) is 42.0 Å². The van der Waals surface area contributed by atoms with Gasteiger partial charge in [0.05, 0.1) is 17.4 Å². The van der Waals surface area contributed by atoms with Crippen molar-refractivity contribution in [3.63, 3.8) is 0 Å². The number of methoxy groups -OCH3 is 1. The molecule has 6 nitrogen and oxygen atoms in total. The average molecular weight is 381 g/mol. The number of anilines is 1. The van der Waals surface area contributed by atoms with Gasteiger partial charge in [-0.25, -0.2) is 0 Å². The van der Waals surface area contributed by atoms with Crippen LogP contribution in [0.5, 0.6) is 5.75 Å². The van der Waals surface area contributed by atoms with E-state index < -0.39 is 17.6 Å². The van der Waals surface area contributed by atoms with E-state index in [0.717, 1.165) is 19.4 Å². The van der Waals surface area contributed by atoms with Crippen LogP contribution in [-0.2, 0) is 19.9 Å². The number of aromatic hydroxyl groups is 1. The second-order valence-corrected chi connectivity index (χ2v) is 7.07. The summed E-state index contributed by atoms with van der Waals surface area (Å²) in [5.74, 6) is -0.566. The molecule has 4 rings (SSSR count). The molecule has 1 saturated heterocycles. The SMILES string of the molecule is COC1C(=O)Nc2ccc(C=CC3CCCO3)c(O)c2C1(O)c1ccccc1. The molecule has 28 heavy (non-hydrogen) atoms. The molecule has 3 atom stereocenters. The number of hydrogen-bond donors (Lipinski definition) is 3. The second-order valence-electron chi connectivity index (χ2n) is 7.07. The lowest BCUT2D eigenvalue weighted by atomic mass is 9.77. The van der Waals surface area contributed by atoms with E-state index in [9.17, 15) is 15.0 Å². The molecule has 2 heterocycles. The number of amides is 1. The number of hydrogen-bond acceptors (Lipinski definition) is 5. The van der Waals surface area contributed by atoms with Crippen molar-refractivity contribution in [1.82, 2.24) is 0 Å². The third kappa shape index (κ3) is 2.99. The Hall–Kier alpha value is -2.67. The zero-order valence-electron chi connectivity index (χ0n) is 15.6. The number of rotatable bonds is 4. The average Bonchev–Trinajstić information content (AvgIpc) is 3.22. The molecule has 146 valence electrons. The van der Waals surface area contributed by atoms with Gasteiger partial charge >= 0.3 is 0 Å². The van der Waals surface area contributed by atoms with Crippen LogP contribution in [0.4, 0.5) is 5.69 Å². The quantitative estimate of drug-likeness (QED) is 0.758. The topological polar surface area (TPSA) is 88.0 Å². The van der Waals surface area contributed by atoms with Crippen LogP contribution in [0, 0.1) is 0 Å². The predicted octanol–water partition coefficient (Wildman–Crippen LogP) is 2.79. The summed E-state index contributed by atoms with van der Waals surface area (Å²) >= 11 is 0. The fraction of sp³-hybridized carbons (Fsp3) is 0.318. The van der Waals surface area contributed by atoms with Crippen LogP contribution in [0.1, 0.15) is 29.5 Å². The van der Waals surface area contributed by atoms with E-state index in [1.165, 1.54) is 7.11 Å². The molecule has 0 aliphatic carbocycles. The van der Waals surface area contributed by atoms with E-state index in [4.69, 9.17) is 9.47 Å². The summed E-state index contributed by atoms with van der Waals surface area (Å²) in [6, 6.07) is 12.2. The summed E-state index contributed by atoms with van der Waals surface area (Å²) in [4.78, 5) is 12.6. The number of phenols is 1. The van der Waals surface area contributed by atoms with Gasteiger partial charge in [-0.15, -0.1) is 0 Å². The number of benzene rings is 2. The number of carbonyl (C=O) groups excluding carboxylic acids is 1. The van der Waals surface area contributed by atoms with Gasteiger partial charge in [-0.1, -0.05) is 42.5 Å². The van der Waals surface area contributed by atoms with Crippen molar-refractivity contribution in [2.45, 2.75) is 30.7 Å². The number of carbonyl (C=O) groups is 1. The van der Waals surface area contributed by atoms with Gasteiger partial charge in [0.2, 0.25) is 0 Å². The molecule has 0 radical (unpaired) electrons. The van der Waals surface area contributed by atoms with Crippen LogP contribution in [0.25, 0.3) is 6.08 Å². The van der Waals surface area contributed by atoms with Crippen molar-refractivity contribution < 1.29 is 24.5 Å². The van der Waals surface area contributed by atoms with Crippen molar-refractivity contribution in [2.24, 2.45) is 0 Å². The molecule has 2 aliphatic heterocycles. The lowest BCUT2D eigenvalue weighted by molar-refractivity contribution is -0.142.